The molecule has 7 rings (SSSR count). The van der Waals surface area contributed by atoms with E-state index in [0.29, 0.717) is 18.4 Å². The SMILES string of the molecule is COC(=O)[C@]12C=C(OC)[C@@]3(Cl)[C@](O)(C(C4=CCCC[C@@H]4O)=C[C@@]3(C)C1)[C@]21OC(=O)c2ccccc2O1. The molecule has 1 aliphatic heterocycles. The van der Waals surface area contributed by atoms with Gasteiger partial charge in [0.2, 0.25) is 0 Å². The quantitative estimate of drug-likeness (QED) is 0.467. The molecule has 6 aliphatic rings. The van der Waals surface area contributed by atoms with Crippen LogP contribution in [-0.2, 0) is 19.0 Å². The van der Waals surface area contributed by atoms with Gasteiger partial charge in [0.05, 0.1) is 20.3 Å². The fourth-order valence-electron chi connectivity index (χ4n) is 7.15. The smallest absolute Gasteiger partial charge is 0.345 e. The number of methoxy groups -OCH3 is 2. The van der Waals surface area contributed by atoms with Crippen molar-refractivity contribution in [1.29, 1.82) is 0 Å². The van der Waals surface area contributed by atoms with E-state index in [0.717, 1.165) is 6.42 Å². The highest BCUT2D eigenvalue weighted by Gasteiger charge is 2.92. The van der Waals surface area contributed by atoms with Gasteiger partial charge in [-0.05, 0) is 55.0 Å². The summed E-state index contributed by atoms with van der Waals surface area (Å²) in [7, 11) is 2.62. The monoisotopic (exact) mass is 514 g/mol. The second-order valence-corrected chi connectivity index (χ2v) is 11.0. The summed E-state index contributed by atoms with van der Waals surface area (Å²) in [6.45, 7) is 1.81. The lowest BCUT2D eigenvalue weighted by Gasteiger charge is -2.67. The maximum atomic E-state index is 13.7. The molecule has 0 saturated heterocycles. The summed E-state index contributed by atoms with van der Waals surface area (Å²) in [5, 5.41) is 24.0. The van der Waals surface area contributed by atoms with Crippen molar-refractivity contribution in [2.45, 2.75) is 55.0 Å². The van der Waals surface area contributed by atoms with Gasteiger partial charge in [-0.3, -0.25) is 4.79 Å². The molecule has 5 aliphatic carbocycles. The lowest BCUT2D eigenvalue weighted by molar-refractivity contribution is -0.331. The number of aliphatic hydroxyl groups excluding tert-OH is 1. The Bertz CT molecular complexity index is 1300. The topological polar surface area (TPSA) is 112 Å². The van der Waals surface area contributed by atoms with E-state index in [-0.39, 0.29) is 29.1 Å². The molecule has 2 N–H and O–H groups in total. The summed E-state index contributed by atoms with van der Waals surface area (Å²) < 4.78 is 23.5. The molecule has 0 aromatic heterocycles. The van der Waals surface area contributed by atoms with Gasteiger partial charge in [0, 0.05) is 5.41 Å². The Morgan fingerprint density at radius 2 is 1.94 bits per heavy atom. The first-order valence-corrected chi connectivity index (χ1v) is 12.3. The van der Waals surface area contributed by atoms with E-state index in [9.17, 15) is 19.8 Å². The van der Waals surface area contributed by atoms with Crippen molar-refractivity contribution in [3.63, 3.8) is 0 Å². The third kappa shape index (κ3) is 2.30. The molecule has 1 fully saturated rings. The van der Waals surface area contributed by atoms with Crippen molar-refractivity contribution in [2.75, 3.05) is 14.2 Å². The van der Waals surface area contributed by atoms with E-state index in [4.69, 9.17) is 30.5 Å². The van der Waals surface area contributed by atoms with Gasteiger partial charge in [-0.25, -0.2) is 4.79 Å². The van der Waals surface area contributed by atoms with Crippen molar-refractivity contribution >= 4 is 23.5 Å². The van der Waals surface area contributed by atoms with Gasteiger partial charge in [-0.2, -0.15) is 0 Å². The highest BCUT2D eigenvalue weighted by molar-refractivity contribution is 6.29. The van der Waals surface area contributed by atoms with Crippen LogP contribution in [0.4, 0.5) is 0 Å². The molecule has 36 heavy (non-hydrogen) atoms. The number of hydrogen-bond donors (Lipinski definition) is 2. The first-order chi connectivity index (χ1) is 17.0. The Hall–Kier alpha value is -2.81. The van der Waals surface area contributed by atoms with Gasteiger partial charge in [-0.1, -0.05) is 31.2 Å². The summed E-state index contributed by atoms with van der Waals surface area (Å²) >= 11 is 7.45. The van der Waals surface area contributed by atoms with Crippen molar-refractivity contribution in [3.8, 4) is 5.75 Å². The van der Waals surface area contributed by atoms with E-state index >= 15 is 0 Å². The number of fused-ring (bicyclic) bond motifs is 1. The van der Waals surface area contributed by atoms with E-state index < -0.39 is 45.1 Å². The van der Waals surface area contributed by atoms with Crippen LogP contribution in [0, 0.1) is 10.8 Å². The average Bonchev–Trinajstić information content (AvgIpc) is 3.02. The number of carbonyl (C=O) groups excluding carboxylic acids is 2. The second kappa shape index (κ2) is 7.15. The molecule has 0 amide bonds. The van der Waals surface area contributed by atoms with Crippen molar-refractivity contribution < 1.29 is 38.7 Å². The molecule has 0 radical (unpaired) electrons. The fourth-order valence-corrected chi connectivity index (χ4v) is 7.63. The molecular formula is C27H27ClO8. The molecule has 4 bridgehead atoms. The van der Waals surface area contributed by atoms with Crippen LogP contribution in [-0.4, -0.2) is 58.7 Å². The number of esters is 2. The van der Waals surface area contributed by atoms with Gasteiger partial charge in [0.1, 0.15) is 17.1 Å². The summed E-state index contributed by atoms with van der Waals surface area (Å²) in [5.74, 6) is -3.63. The number of halogens is 1. The van der Waals surface area contributed by atoms with Crippen LogP contribution in [0.25, 0.3) is 0 Å². The molecule has 0 unspecified atom stereocenters. The molecule has 1 spiro atoms. The average molecular weight is 515 g/mol. The number of allylic oxidation sites excluding steroid dienone is 2. The predicted molar refractivity (Wildman–Crippen MR) is 127 cm³/mol. The number of carbonyl (C=O) groups is 2. The van der Waals surface area contributed by atoms with Crippen molar-refractivity contribution in [1.82, 2.24) is 0 Å². The zero-order valence-corrected chi connectivity index (χ0v) is 20.9. The first kappa shape index (κ1) is 23.6. The normalized spacial score (nSPS) is 42.0. The molecule has 1 aromatic carbocycles. The Balaban J connectivity index is 1.72. The van der Waals surface area contributed by atoms with Crippen molar-refractivity contribution in [2.24, 2.45) is 10.8 Å². The zero-order valence-electron chi connectivity index (χ0n) is 20.2. The molecule has 190 valence electrons. The minimum atomic E-state index is -2.35. The van der Waals surface area contributed by atoms with Gasteiger partial charge in [-0.15, -0.1) is 11.6 Å². The van der Waals surface area contributed by atoms with Crippen LogP contribution in [0.1, 0.15) is 43.0 Å². The Morgan fingerprint density at radius 1 is 1.19 bits per heavy atom. The van der Waals surface area contributed by atoms with Crippen LogP contribution in [0.15, 0.2) is 59.4 Å². The Morgan fingerprint density at radius 3 is 2.64 bits per heavy atom. The van der Waals surface area contributed by atoms with Crippen LogP contribution in [0.5, 0.6) is 5.75 Å². The summed E-state index contributed by atoms with van der Waals surface area (Å²) in [4.78, 5) is 25.4. The Labute approximate surface area is 213 Å². The molecule has 1 saturated carbocycles. The van der Waals surface area contributed by atoms with Gasteiger partial charge >= 0.3 is 17.7 Å². The van der Waals surface area contributed by atoms with E-state index in [1.807, 2.05) is 13.0 Å². The van der Waals surface area contributed by atoms with Gasteiger partial charge in [0.15, 0.2) is 15.9 Å². The highest BCUT2D eigenvalue weighted by atomic mass is 35.5. The molecule has 1 aromatic rings. The second-order valence-electron chi connectivity index (χ2n) is 10.4. The summed E-state index contributed by atoms with van der Waals surface area (Å²) in [6, 6.07) is 6.45. The fraction of sp³-hybridized carbons (Fsp3) is 0.481. The van der Waals surface area contributed by atoms with Crippen LogP contribution in [0.3, 0.4) is 0 Å². The zero-order chi connectivity index (χ0) is 25.7. The molecule has 9 heteroatoms. The summed E-state index contributed by atoms with van der Waals surface area (Å²) in [6.07, 6.45) is 6.13. The first-order valence-electron chi connectivity index (χ1n) is 12.0. The predicted octanol–water partition coefficient (Wildman–Crippen LogP) is 3.17. The molecule has 6 atom stereocenters. The van der Waals surface area contributed by atoms with E-state index in [1.165, 1.54) is 26.4 Å². The highest BCUT2D eigenvalue weighted by Crippen LogP contribution is 2.78. The van der Waals surface area contributed by atoms with Crippen LogP contribution in [0.2, 0.25) is 0 Å². The van der Waals surface area contributed by atoms with Gasteiger partial charge in [0.25, 0.3) is 0 Å². The number of aliphatic hydroxyl groups is 2. The maximum Gasteiger partial charge on any atom is 0.345 e. The maximum absolute atomic E-state index is 13.7. The number of ether oxygens (including phenoxy) is 4. The largest absolute Gasteiger partial charge is 0.499 e. The third-order valence-electron chi connectivity index (χ3n) is 8.65. The minimum Gasteiger partial charge on any atom is -0.499 e. The summed E-state index contributed by atoms with van der Waals surface area (Å²) in [5.41, 5.74) is -4.36. The molecule has 1 heterocycles. The number of benzene rings is 1. The minimum absolute atomic E-state index is 0.00628. The van der Waals surface area contributed by atoms with E-state index in [2.05, 4.69) is 0 Å². The lowest BCUT2D eigenvalue weighted by Crippen LogP contribution is -2.85. The van der Waals surface area contributed by atoms with E-state index in [1.54, 1.807) is 24.3 Å². The van der Waals surface area contributed by atoms with Crippen LogP contribution >= 0.6 is 11.6 Å². The van der Waals surface area contributed by atoms with Crippen molar-refractivity contribution in [3.05, 3.63) is 65.0 Å². The molecule has 8 nitrogen and oxygen atoms in total. The number of hydrogen-bond acceptors (Lipinski definition) is 8. The van der Waals surface area contributed by atoms with Gasteiger partial charge < -0.3 is 29.2 Å². The number of alkyl halides is 1. The number of rotatable bonds is 3. The third-order valence-corrected chi connectivity index (χ3v) is 9.54. The number of para-hydroxylation sites is 1. The Kier molecular flexibility index (Phi) is 4.68. The van der Waals surface area contributed by atoms with Crippen LogP contribution < -0.4 is 4.74 Å². The standard InChI is InChI=1S/C27H27ClO8/c1-23-12-17(15-8-4-6-10-18(15)29)26(32)25(23,28)20(33-2)13-24(14-23,22(31)34-3)27(26)35-19-11-7-5-9-16(19)21(30)36-27/h5,7-9,11-13,18,29,32H,4,6,10,14H2,1-3H3/t18-,23-,24-,25-,26+,27+/m0/s1. The lowest BCUT2D eigenvalue weighted by atomic mass is 9.46. The molecular weight excluding hydrogens is 488 g/mol.